The molecule has 23 heavy (non-hydrogen) atoms. The molecule has 0 aliphatic carbocycles. The van der Waals surface area contributed by atoms with Crippen molar-refractivity contribution in [2.45, 2.75) is 32.9 Å². The molecule has 0 spiro atoms. The van der Waals surface area contributed by atoms with Crippen LogP contribution in [0.2, 0.25) is 0 Å². The number of rotatable bonds is 4. The summed E-state index contributed by atoms with van der Waals surface area (Å²) in [5.41, 5.74) is 1.29. The van der Waals surface area contributed by atoms with Crippen molar-refractivity contribution in [2.75, 3.05) is 5.32 Å². The van der Waals surface area contributed by atoms with E-state index in [2.05, 4.69) is 20.2 Å². The van der Waals surface area contributed by atoms with Gasteiger partial charge in [0.05, 0.1) is 0 Å². The van der Waals surface area contributed by atoms with Gasteiger partial charge in [0.15, 0.2) is 5.69 Å². The standard InChI is InChI=1S/C15H18N4O3S/c1-15(2,3)22-14(21)16-8-10-4-6-11(7-5-10)17-13(20)12-9-23-19-18-12/h4-7,9H,8H2,1-3H3,(H,16,21)(H,17,20). The van der Waals surface area contributed by atoms with E-state index in [1.807, 2.05) is 32.9 Å². The summed E-state index contributed by atoms with van der Waals surface area (Å²) < 4.78 is 8.80. The number of hydrogen-bond donors (Lipinski definition) is 2. The number of alkyl carbamates (subject to hydrolysis) is 1. The SMILES string of the molecule is CC(C)(C)OC(=O)NCc1ccc(NC(=O)c2csnn2)cc1. The lowest BCUT2D eigenvalue weighted by molar-refractivity contribution is 0.0523. The van der Waals surface area contributed by atoms with E-state index in [9.17, 15) is 9.59 Å². The highest BCUT2D eigenvalue weighted by atomic mass is 32.1. The summed E-state index contributed by atoms with van der Waals surface area (Å²) >= 11 is 1.12. The Hall–Kier alpha value is -2.48. The molecule has 0 unspecified atom stereocenters. The molecule has 0 radical (unpaired) electrons. The Kier molecular flexibility index (Phi) is 5.28. The predicted octanol–water partition coefficient (Wildman–Crippen LogP) is 2.82. The average molecular weight is 334 g/mol. The summed E-state index contributed by atoms with van der Waals surface area (Å²) in [4.78, 5) is 23.4. The first-order valence-electron chi connectivity index (χ1n) is 6.98. The number of anilines is 1. The lowest BCUT2D eigenvalue weighted by Gasteiger charge is -2.19. The lowest BCUT2D eigenvalue weighted by Crippen LogP contribution is -2.32. The number of ether oxygens (including phenoxy) is 1. The van der Waals surface area contributed by atoms with Crippen LogP contribution in [0.5, 0.6) is 0 Å². The third-order valence-corrected chi connectivity index (χ3v) is 3.14. The molecular formula is C15H18N4O3S. The molecule has 1 heterocycles. The van der Waals surface area contributed by atoms with E-state index in [1.165, 1.54) is 0 Å². The minimum Gasteiger partial charge on any atom is -0.444 e. The van der Waals surface area contributed by atoms with Crippen molar-refractivity contribution in [2.24, 2.45) is 0 Å². The average Bonchev–Trinajstić information content (AvgIpc) is 2.99. The highest BCUT2D eigenvalue weighted by molar-refractivity contribution is 7.03. The van der Waals surface area contributed by atoms with Crippen LogP contribution in [-0.4, -0.2) is 27.2 Å². The van der Waals surface area contributed by atoms with Gasteiger partial charge in [0, 0.05) is 17.6 Å². The van der Waals surface area contributed by atoms with Crippen LogP contribution in [0.1, 0.15) is 36.8 Å². The Balaban J connectivity index is 1.85. The second kappa shape index (κ2) is 7.19. The van der Waals surface area contributed by atoms with E-state index in [-0.39, 0.29) is 11.6 Å². The number of amides is 2. The Morgan fingerprint density at radius 2 is 1.91 bits per heavy atom. The van der Waals surface area contributed by atoms with Gasteiger partial charge in [0.2, 0.25) is 0 Å². The number of carbonyl (C=O) groups is 2. The molecule has 8 heteroatoms. The molecule has 2 N–H and O–H groups in total. The van der Waals surface area contributed by atoms with E-state index in [1.54, 1.807) is 17.5 Å². The minimum atomic E-state index is -0.525. The molecule has 0 fully saturated rings. The van der Waals surface area contributed by atoms with E-state index < -0.39 is 11.7 Å². The van der Waals surface area contributed by atoms with E-state index in [0.29, 0.717) is 12.2 Å². The van der Waals surface area contributed by atoms with Crippen molar-refractivity contribution in [3.8, 4) is 0 Å². The fourth-order valence-corrected chi connectivity index (χ4v) is 2.09. The second-order valence-electron chi connectivity index (χ2n) is 5.80. The van der Waals surface area contributed by atoms with Gasteiger partial charge in [-0.05, 0) is 50.0 Å². The Labute approximate surface area is 138 Å². The summed E-state index contributed by atoms with van der Waals surface area (Å²) in [6, 6.07) is 7.13. The molecule has 2 aromatic rings. The largest absolute Gasteiger partial charge is 0.444 e. The normalized spacial score (nSPS) is 10.9. The van der Waals surface area contributed by atoms with Gasteiger partial charge in [-0.15, -0.1) is 5.10 Å². The molecular weight excluding hydrogens is 316 g/mol. The summed E-state index contributed by atoms with van der Waals surface area (Å²) in [6.45, 7) is 5.77. The number of carbonyl (C=O) groups excluding carboxylic acids is 2. The predicted molar refractivity (Wildman–Crippen MR) is 87.4 cm³/mol. The van der Waals surface area contributed by atoms with Crippen LogP contribution in [0, 0.1) is 0 Å². The smallest absolute Gasteiger partial charge is 0.407 e. The number of benzene rings is 1. The van der Waals surface area contributed by atoms with E-state index >= 15 is 0 Å². The third kappa shape index (κ3) is 5.67. The van der Waals surface area contributed by atoms with Gasteiger partial charge in [0.1, 0.15) is 5.60 Å². The van der Waals surface area contributed by atoms with Crippen LogP contribution in [0.4, 0.5) is 10.5 Å². The van der Waals surface area contributed by atoms with Crippen LogP contribution >= 0.6 is 11.5 Å². The van der Waals surface area contributed by atoms with Gasteiger partial charge in [-0.25, -0.2) is 4.79 Å². The summed E-state index contributed by atoms with van der Waals surface area (Å²) in [5.74, 6) is -0.307. The van der Waals surface area contributed by atoms with Gasteiger partial charge in [-0.3, -0.25) is 4.79 Å². The zero-order valence-corrected chi connectivity index (χ0v) is 13.9. The Morgan fingerprint density at radius 3 is 2.48 bits per heavy atom. The summed E-state index contributed by atoms with van der Waals surface area (Å²) in [7, 11) is 0. The summed E-state index contributed by atoms with van der Waals surface area (Å²) in [5, 5.41) is 10.7. The quantitative estimate of drug-likeness (QED) is 0.897. The maximum atomic E-state index is 11.8. The molecule has 0 saturated carbocycles. The van der Waals surface area contributed by atoms with Gasteiger partial charge < -0.3 is 15.4 Å². The fraction of sp³-hybridized carbons (Fsp3) is 0.333. The third-order valence-electron chi connectivity index (χ3n) is 2.64. The van der Waals surface area contributed by atoms with Gasteiger partial charge in [-0.2, -0.15) is 0 Å². The number of nitrogens with zero attached hydrogens (tertiary/aromatic N) is 2. The van der Waals surface area contributed by atoms with Crippen molar-refractivity contribution in [1.29, 1.82) is 0 Å². The molecule has 122 valence electrons. The topological polar surface area (TPSA) is 93.2 Å². The first-order chi connectivity index (χ1) is 10.8. The Morgan fingerprint density at radius 1 is 1.22 bits per heavy atom. The molecule has 2 rings (SSSR count). The monoisotopic (exact) mass is 334 g/mol. The number of aromatic nitrogens is 2. The van der Waals surface area contributed by atoms with Crippen LogP contribution < -0.4 is 10.6 Å². The zero-order chi connectivity index (χ0) is 16.9. The van der Waals surface area contributed by atoms with Crippen LogP contribution in [-0.2, 0) is 11.3 Å². The Bertz CT molecular complexity index is 663. The molecule has 7 nitrogen and oxygen atoms in total. The van der Waals surface area contributed by atoms with Crippen molar-refractivity contribution in [3.05, 3.63) is 40.9 Å². The highest BCUT2D eigenvalue weighted by Gasteiger charge is 2.15. The highest BCUT2D eigenvalue weighted by Crippen LogP contribution is 2.12. The zero-order valence-electron chi connectivity index (χ0n) is 13.1. The number of hydrogen-bond acceptors (Lipinski definition) is 6. The van der Waals surface area contributed by atoms with Gasteiger partial charge in [0.25, 0.3) is 5.91 Å². The van der Waals surface area contributed by atoms with Gasteiger partial charge >= 0.3 is 6.09 Å². The first kappa shape index (κ1) is 16.9. The maximum Gasteiger partial charge on any atom is 0.407 e. The van der Waals surface area contributed by atoms with Crippen LogP contribution in [0.3, 0.4) is 0 Å². The van der Waals surface area contributed by atoms with E-state index in [4.69, 9.17) is 4.74 Å². The molecule has 0 aliphatic heterocycles. The van der Waals surface area contributed by atoms with Crippen molar-refractivity contribution in [1.82, 2.24) is 14.9 Å². The van der Waals surface area contributed by atoms with Crippen LogP contribution in [0.25, 0.3) is 0 Å². The van der Waals surface area contributed by atoms with E-state index in [0.717, 1.165) is 17.1 Å². The summed E-state index contributed by atoms with van der Waals surface area (Å²) in [6.07, 6.45) is -0.467. The van der Waals surface area contributed by atoms with Gasteiger partial charge in [-0.1, -0.05) is 16.6 Å². The van der Waals surface area contributed by atoms with Crippen molar-refractivity contribution >= 4 is 29.2 Å². The first-order valence-corrected chi connectivity index (χ1v) is 7.81. The molecule has 0 atom stereocenters. The minimum absolute atomic E-state index is 0.283. The number of nitrogens with one attached hydrogen (secondary N) is 2. The fourth-order valence-electron chi connectivity index (χ4n) is 1.65. The second-order valence-corrected chi connectivity index (χ2v) is 6.41. The molecule has 0 saturated heterocycles. The van der Waals surface area contributed by atoms with Crippen molar-refractivity contribution in [3.63, 3.8) is 0 Å². The molecule has 1 aromatic heterocycles. The van der Waals surface area contributed by atoms with Crippen molar-refractivity contribution < 1.29 is 14.3 Å². The molecule has 0 bridgehead atoms. The lowest BCUT2D eigenvalue weighted by atomic mass is 10.2. The molecule has 1 aromatic carbocycles. The maximum absolute atomic E-state index is 11.8. The van der Waals surface area contributed by atoms with Crippen LogP contribution in [0.15, 0.2) is 29.6 Å². The molecule has 0 aliphatic rings. The molecule has 2 amide bonds.